The average molecular weight is 1100 g/mol. The Hall–Kier alpha value is -9.40. The molecule has 8 heteroatoms. The van der Waals surface area contributed by atoms with Gasteiger partial charge in [-0.25, -0.2) is 9.80 Å². The highest BCUT2D eigenvalue weighted by molar-refractivity contribution is 6.45. The van der Waals surface area contributed by atoms with Crippen molar-refractivity contribution in [3.8, 4) is 0 Å². The van der Waals surface area contributed by atoms with E-state index in [-0.39, 0.29) is 0 Å². The third-order valence-corrected chi connectivity index (χ3v) is 17.4. The zero-order valence-electron chi connectivity index (χ0n) is 48.4. The summed E-state index contributed by atoms with van der Waals surface area (Å²) in [4.78, 5) is 66.6. The quantitative estimate of drug-likeness (QED) is 0.0430. The lowest BCUT2D eigenvalue weighted by Gasteiger charge is -2.31. The van der Waals surface area contributed by atoms with Gasteiger partial charge in [0.1, 0.15) is 0 Å². The van der Waals surface area contributed by atoms with Crippen LogP contribution in [0.5, 0.6) is 0 Å². The van der Waals surface area contributed by atoms with Crippen LogP contribution in [-0.4, -0.2) is 23.6 Å². The van der Waals surface area contributed by atoms with E-state index in [1.807, 2.05) is 97.1 Å². The number of imide groups is 2. The van der Waals surface area contributed by atoms with Gasteiger partial charge in [0.25, 0.3) is 23.6 Å². The SMILES string of the molecule is CCCCc1ccc(N(c2ccc(CCCC)cc2)c2ccc(N3C(=O)c4ccc5c6ccc7c8c(ccc(c9ccc(c4c59)C3=O)c86)C(=O)N(c3ccc(N(c4ccc(CCCC)cc4)c4ccc(CCCC)cc4)cc3)C7=O)cc2)cc1. The standard InChI is InChI=1S/C76H68N4O4/c1-5-9-13-49-17-25-53(26-18-49)77(54-27-19-50(20-28-54)14-10-6-2)57-33-37-59(38-34-57)79-73(81)65-45-41-61-63-43-47-67-72-68(48-44-64(70(63)72)62-42-46-66(74(79)82)71(65)69(61)62)76(84)80(75(67)83)60-39-35-58(36-40-60)78(55-29-21-51(22-30-55)15-11-7-3)56-31-23-52(24-32-56)16-12-8-4/h17-48H,5-16H2,1-4H3. The highest BCUT2D eigenvalue weighted by Crippen LogP contribution is 2.48. The lowest BCUT2D eigenvalue weighted by molar-refractivity contribution is 0.0877. The molecule has 0 atom stereocenters. The van der Waals surface area contributed by atoms with E-state index in [9.17, 15) is 19.2 Å². The second kappa shape index (κ2) is 22.7. The van der Waals surface area contributed by atoms with Crippen molar-refractivity contribution in [2.24, 2.45) is 0 Å². The Balaban J connectivity index is 0.815. The van der Waals surface area contributed by atoms with Crippen molar-refractivity contribution >= 4 is 112 Å². The van der Waals surface area contributed by atoms with E-state index in [0.29, 0.717) is 44.4 Å². The van der Waals surface area contributed by atoms with Crippen molar-refractivity contribution < 1.29 is 19.2 Å². The van der Waals surface area contributed by atoms with Crippen molar-refractivity contribution in [1.82, 2.24) is 0 Å². The van der Waals surface area contributed by atoms with Crippen molar-refractivity contribution in [1.29, 1.82) is 0 Å². The molecule has 2 heterocycles. The molecule has 0 aromatic heterocycles. The minimum absolute atomic E-state index is 0.396. The minimum Gasteiger partial charge on any atom is -0.311 e. The smallest absolute Gasteiger partial charge is 0.265 e. The van der Waals surface area contributed by atoms with Gasteiger partial charge in [-0.15, -0.1) is 0 Å². The lowest BCUT2D eigenvalue weighted by atomic mass is 9.82. The first-order valence-electron chi connectivity index (χ1n) is 30.3. The van der Waals surface area contributed by atoms with E-state index in [1.165, 1.54) is 32.1 Å². The van der Waals surface area contributed by atoms with Crippen molar-refractivity contribution in [2.75, 3.05) is 19.6 Å². The molecular weight excluding hydrogens is 1030 g/mol. The van der Waals surface area contributed by atoms with Gasteiger partial charge in [-0.05, 0) is 227 Å². The lowest BCUT2D eigenvalue weighted by Crippen LogP contribution is -2.40. The zero-order valence-corrected chi connectivity index (χ0v) is 48.4. The maximum atomic E-state index is 14.9. The molecule has 13 rings (SSSR count). The van der Waals surface area contributed by atoms with E-state index in [1.54, 1.807) is 0 Å². The minimum atomic E-state index is -0.396. The first kappa shape index (κ1) is 53.9. The summed E-state index contributed by atoms with van der Waals surface area (Å²) >= 11 is 0. The Morgan fingerprint density at radius 2 is 0.476 bits per heavy atom. The van der Waals surface area contributed by atoms with Gasteiger partial charge in [-0.1, -0.05) is 126 Å². The number of nitrogens with zero attached hydrogens (tertiary/aromatic N) is 4. The molecule has 0 saturated heterocycles. The number of amides is 4. The van der Waals surface area contributed by atoms with E-state index in [0.717, 1.165) is 143 Å². The molecule has 4 amide bonds. The number of carbonyl (C=O) groups excluding carboxylic acids is 4. The van der Waals surface area contributed by atoms with Gasteiger partial charge in [0, 0.05) is 67.2 Å². The van der Waals surface area contributed by atoms with Crippen LogP contribution in [0.3, 0.4) is 0 Å². The number of aryl methyl sites for hydroxylation is 4. The maximum absolute atomic E-state index is 14.9. The normalized spacial score (nSPS) is 13.1. The molecule has 8 nitrogen and oxygen atoms in total. The van der Waals surface area contributed by atoms with Crippen LogP contribution in [0.25, 0.3) is 43.1 Å². The third-order valence-electron chi connectivity index (χ3n) is 17.4. The zero-order chi connectivity index (χ0) is 57.6. The molecule has 2 aliphatic rings. The largest absolute Gasteiger partial charge is 0.311 e. The summed E-state index contributed by atoms with van der Waals surface area (Å²) < 4.78 is 0. The van der Waals surface area contributed by atoms with E-state index in [2.05, 4.69) is 135 Å². The fourth-order valence-electron chi connectivity index (χ4n) is 12.9. The molecule has 11 aromatic rings. The van der Waals surface area contributed by atoms with Crippen molar-refractivity contribution in [3.05, 3.63) is 239 Å². The number of carbonyl (C=O) groups is 4. The average Bonchev–Trinajstić information content (AvgIpc) is 0.751. The van der Waals surface area contributed by atoms with E-state index >= 15 is 0 Å². The Kier molecular flexibility index (Phi) is 14.6. The fraction of sp³-hybridized carbons (Fsp3) is 0.211. The van der Waals surface area contributed by atoms with Gasteiger partial charge >= 0.3 is 0 Å². The van der Waals surface area contributed by atoms with Crippen LogP contribution >= 0.6 is 0 Å². The molecule has 84 heavy (non-hydrogen) atoms. The number of unbranched alkanes of at least 4 members (excludes halogenated alkanes) is 4. The molecular formula is C76H68N4O4. The van der Waals surface area contributed by atoms with Crippen molar-refractivity contribution in [3.63, 3.8) is 0 Å². The highest BCUT2D eigenvalue weighted by Gasteiger charge is 2.38. The Bertz CT molecular complexity index is 3800. The number of benzene rings is 11. The predicted octanol–water partition coefficient (Wildman–Crippen LogP) is 19.6. The van der Waals surface area contributed by atoms with Crippen LogP contribution in [0.4, 0.5) is 45.5 Å². The topological polar surface area (TPSA) is 81.2 Å². The van der Waals surface area contributed by atoms with E-state index in [4.69, 9.17) is 0 Å². The second-order valence-corrected chi connectivity index (χ2v) is 22.8. The molecule has 0 unspecified atom stereocenters. The molecule has 0 fully saturated rings. The second-order valence-electron chi connectivity index (χ2n) is 22.8. The van der Waals surface area contributed by atoms with Gasteiger partial charge < -0.3 is 9.80 Å². The number of fused-ring (bicyclic) bond motifs is 2. The number of hydrogen-bond acceptors (Lipinski definition) is 6. The van der Waals surface area contributed by atoms with Crippen molar-refractivity contribution in [2.45, 2.75) is 105 Å². The molecule has 416 valence electrons. The first-order valence-corrected chi connectivity index (χ1v) is 30.3. The third kappa shape index (κ3) is 9.44. The molecule has 0 radical (unpaired) electrons. The summed E-state index contributed by atoms with van der Waals surface area (Å²) in [6, 6.07) is 65.6. The summed E-state index contributed by atoms with van der Waals surface area (Å²) in [5.41, 5.74) is 13.8. The molecule has 0 bridgehead atoms. The number of rotatable bonds is 20. The summed E-state index contributed by atoms with van der Waals surface area (Å²) in [6.07, 6.45) is 13.2. The van der Waals surface area contributed by atoms with Crippen LogP contribution in [0, 0.1) is 0 Å². The fourth-order valence-corrected chi connectivity index (χ4v) is 12.9. The van der Waals surface area contributed by atoms with Crippen LogP contribution in [0.15, 0.2) is 194 Å². The van der Waals surface area contributed by atoms with Gasteiger partial charge in [0.05, 0.1) is 11.4 Å². The van der Waals surface area contributed by atoms with Crippen LogP contribution in [0.1, 0.15) is 143 Å². The Labute approximate surface area is 491 Å². The molecule has 0 aliphatic carbocycles. The molecule has 0 N–H and O–H groups in total. The molecule has 0 spiro atoms. The van der Waals surface area contributed by atoms with E-state index < -0.39 is 23.6 Å². The summed E-state index contributed by atoms with van der Waals surface area (Å²) in [6.45, 7) is 8.85. The number of anilines is 8. The van der Waals surface area contributed by atoms with Gasteiger partial charge in [-0.3, -0.25) is 19.2 Å². The number of hydrogen-bond donors (Lipinski definition) is 0. The summed E-state index contributed by atoms with van der Waals surface area (Å²) in [7, 11) is 0. The van der Waals surface area contributed by atoms with Gasteiger partial charge in [0.15, 0.2) is 0 Å². The van der Waals surface area contributed by atoms with Crippen LogP contribution in [-0.2, 0) is 25.7 Å². The monoisotopic (exact) mass is 1100 g/mol. The van der Waals surface area contributed by atoms with Gasteiger partial charge in [0.2, 0.25) is 0 Å². The predicted molar refractivity (Wildman–Crippen MR) is 347 cm³/mol. The Morgan fingerprint density at radius 1 is 0.262 bits per heavy atom. The molecule has 11 aromatic carbocycles. The first-order chi connectivity index (χ1) is 41.2. The van der Waals surface area contributed by atoms with Gasteiger partial charge in [-0.2, -0.15) is 0 Å². The maximum Gasteiger partial charge on any atom is 0.265 e. The van der Waals surface area contributed by atoms with Crippen LogP contribution < -0.4 is 19.6 Å². The van der Waals surface area contributed by atoms with Crippen LogP contribution in [0.2, 0.25) is 0 Å². The molecule has 0 saturated carbocycles. The molecule has 2 aliphatic heterocycles. The summed E-state index contributed by atoms with van der Waals surface area (Å²) in [5.74, 6) is -1.58. The Morgan fingerprint density at radius 3 is 0.690 bits per heavy atom. The highest BCUT2D eigenvalue weighted by atomic mass is 16.2. The summed E-state index contributed by atoms with van der Waals surface area (Å²) in [5, 5.41) is 6.18.